The van der Waals surface area contributed by atoms with Crippen molar-refractivity contribution < 1.29 is 4.74 Å². The summed E-state index contributed by atoms with van der Waals surface area (Å²) in [6.07, 6.45) is 8.62. The second-order valence-electron chi connectivity index (χ2n) is 5.73. The van der Waals surface area contributed by atoms with Crippen LogP contribution < -0.4 is 5.56 Å². The standard InChI is InChI=1S/C15H18N2O2S/c18-15-13-11-5-1-2-6-12(11)20-14(13)16-9-17(15)8-10-4-3-7-19-10/h9-10H,1-8H2/t10-/m0/s1. The summed E-state index contributed by atoms with van der Waals surface area (Å²) in [4.78, 5) is 19.5. The lowest BCUT2D eigenvalue weighted by molar-refractivity contribution is 0.0960. The molecule has 0 unspecified atom stereocenters. The summed E-state index contributed by atoms with van der Waals surface area (Å²) in [5.41, 5.74) is 1.40. The molecular formula is C15H18N2O2S. The van der Waals surface area contributed by atoms with Crippen molar-refractivity contribution in [2.45, 2.75) is 51.2 Å². The molecule has 4 nitrogen and oxygen atoms in total. The van der Waals surface area contributed by atoms with Crippen molar-refractivity contribution in [2.75, 3.05) is 6.61 Å². The molecule has 1 aliphatic heterocycles. The highest BCUT2D eigenvalue weighted by molar-refractivity contribution is 7.18. The van der Waals surface area contributed by atoms with E-state index in [0.717, 1.165) is 42.5 Å². The number of fused-ring (bicyclic) bond motifs is 3. The fourth-order valence-electron chi connectivity index (χ4n) is 3.32. The number of aryl methyl sites for hydroxylation is 2. The van der Waals surface area contributed by atoms with E-state index in [2.05, 4.69) is 4.98 Å². The maximum Gasteiger partial charge on any atom is 0.262 e. The molecule has 2 aromatic rings. The first-order valence-corrected chi connectivity index (χ1v) is 8.26. The summed E-state index contributed by atoms with van der Waals surface area (Å²) < 4.78 is 7.38. The van der Waals surface area contributed by atoms with Crippen LogP contribution in [0.3, 0.4) is 0 Å². The van der Waals surface area contributed by atoms with E-state index in [-0.39, 0.29) is 11.7 Å². The molecule has 0 bridgehead atoms. The molecule has 0 N–H and O–H groups in total. The van der Waals surface area contributed by atoms with Gasteiger partial charge in [0.1, 0.15) is 4.83 Å². The summed E-state index contributed by atoms with van der Waals surface area (Å²) in [6.45, 7) is 1.47. The van der Waals surface area contributed by atoms with Gasteiger partial charge in [-0.25, -0.2) is 4.98 Å². The van der Waals surface area contributed by atoms with Gasteiger partial charge in [0.15, 0.2) is 0 Å². The number of ether oxygens (including phenoxy) is 1. The van der Waals surface area contributed by atoms with Crippen molar-refractivity contribution in [2.24, 2.45) is 0 Å². The van der Waals surface area contributed by atoms with Crippen LogP contribution in [0, 0.1) is 0 Å². The topological polar surface area (TPSA) is 44.1 Å². The van der Waals surface area contributed by atoms with Gasteiger partial charge in [0.2, 0.25) is 0 Å². The van der Waals surface area contributed by atoms with E-state index in [1.165, 1.54) is 23.3 Å². The maximum absolute atomic E-state index is 12.7. The molecule has 1 saturated heterocycles. The quantitative estimate of drug-likeness (QED) is 0.853. The molecule has 0 amide bonds. The zero-order valence-corrected chi connectivity index (χ0v) is 12.2. The van der Waals surface area contributed by atoms with Gasteiger partial charge in [-0.2, -0.15) is 0 Å². The van der Waals surface area contributed by atoms with Crippen LogP contribution in [0.15, 0.2) is 11.1 Å². The van der Waals surface area contributed by atoms with E-state index in [1.54, 1.807) is 22.2 Å². The molecule has 0 spiro atoms. The third kappa shape index (κ3) is 2.00. The smallest absolute Gasteiger partial charge is 0.262 e. The highest BCUT2D eigenvalue weighted by atomic mass is 32.1. The fourth-order valence-corrected chi connectivity index (χ4v) is 4.54. The van der Waals surface area contributed by atoms with Gasteiger partial charge in [0.25, 0.3) is 5.56 Å². The van der Waals surface area contributed by atoms with Crippen LogP contribution in [0.4, 0.5) is 0 Å². The number of hydrogen-bond acceptors (Lipinski definition) is 4. The van der Waals surface area contributed by atoms with Gasteiger partial charge >= 0.3 is 0 Å². The van der Waals surface area contributed by atoms with Crippen molar-refractivity contribution in [1.29, 1.82) is 0 Å². The normalized spacial score (nSPS) is 22.3. The molecule has 4 rings (SSSR count). The minimum Gasteiger partial charge on any atom is -0.376 e. The number of hydrogen-bond donors (Lipinski definition) is 0. The summed E-state index contributed by atoms with van der Waals surface area (Å²) >= 11 is 1.71. The molecule has 106 valence electrons. The molecule has 2 aliphatic rings. The van der Waals surface area contributed by atoms with Gasteiger partial charge in [0.05, 0.1) is 24.4 Å². The van der Waals surface area contributed by atoms with Crippen LogP contribution in [0.1, 0.15) is 36.1 Å². The summed E-state index contributed by atoms with van der Waals surface area (Å²) in [6, 6.07) is 0. The lowest BCUT2D eigenvalue weighted by Crippen LogP contribution is -2.26. The highest BCUT2D eigenvalue weighted by Crippen LogP contribution is 2.33. The average molecular weight is 290 g/mol. The van der Waals surface area contributed by atoms with E-state index in [1.807, 2.05) is 0 Å². The Labute approximate surface area is 121 Å². The Hall–Kier alpha value is -1.20. The predicted molar refractivity (Wildman–Crippen MR) is 79.5 cm³/mol. The molecule has 1 aliphatic carbocycles. The van der Waals surface area contributed by atoms with Crippen LogP contribution in [-0.4, -0.2) is 22.3 Å². The fraction of sp³-hybridized carbons (Fsp3) is 0.600. The van der Waals surface area contributed by atoms with Gasteiger partial charge in [-0.3, -0.25) is 9.36 Å². The summed E-state index contributed by atoms with van der Waals surface area (Å²) in [5, 5.41) is 0.880. The number of rotatable bonds is 2. The third-order valence-corrected chi connectivity index (χ3v) is 5.57. The lowest BCUT2D eigenvalue weighted by atomic mass is 9.97. The number of aromatic nitrogens is 2. The first-order chi connectivity index (χ1) is 9.83. The minimum absolute atomic E-state index is 0.130. The van der Waals surface area contributed by atoms with Crippen LogP contribution >= 0.6 is 11.3 Å². The van der Waals surface area contributed by atoms with Crippen LogP contribution in [0.5, 0.6) is 0 Å². The SMILES string of the molecule is O=c1c2c3c(sc2ncn1C[C@@H]1CCCO1)CCCC3. The molecule has 0 saturated carbocycles. The zero-order chi connectivity index (χ0) is 13.5. The Kier molecular flexibility index (Phi) is 3.11. The lowest BCUT2D eigenvalue weighted by Gasteiger charge is -2.12. The van der Waals surface area contributed by atoms with Crippen molar-refractivity contribution in [1.82, 2.24) is 9.55 Å². The van der Waals surface area contributed by atoms with Crippen LogP contribution in [0.2, 0.25) is 0 Å². The van der Waals surface area contributed by atoms with Crippen LogP contribution in [0.25, 0.3) is 10.2 Å². The molecule has 0 radical (unpaired) electrons. The molecule has 1 fully saturated rings. The molecule has 3 heterocycles. The molecule has 5 heteroatoms. The minimum atomic E-state index is 0.130. The van der Waals surface area contributed by atoms with Gasteiger partial charge in [-0.15, -0.1) is 11.3 Å². The van der Waals surface area contributed by atoms with E-state index >= 15 is 0 Å². The first kappa shape index (κ1) is 12.5. The van der Waals surface area contributed by atoms with E-state index in [4.69, 9.17) is 4.74 Å². The first-order valence-electron chi connectivity index (χ1n) is 7.44. The number of thiophene rings is 1. The largest absolute Gasteiger partial charge is 0.376 e. The monoisotopic (exact) mass is 290 g/mol. The Morgan fingerprint density at radius 3 is 3.10 bits per heavy atom. The molecule has 2 aromatic heterocycles. The second kappa shape index (κ2) is 4.97. The van der Waals surface area contributed by atoms with Gasteiger partial charge in [0, 0.05) is 11.5 Å². The van der Waals surface area contributed by atoms with Crippen molar-refractivity contribution in [3.8, 4) is 0 Å². The average Bonchev–Trinajstić information content (AvgIpc) is 3.09. The molecule has 0 aromatic carbocycles. The van der Waals surface area contributed by atoms with Crippen LogP contribution in [-0.2, 0) is 24.1 Å². The van der Waals surface area contributed by atoms with Gasteiger partial charge < -0.3 is 4.74 Å². The predicted octanol–water partition coefficient (Wildman–Crippen LogP) is 2.52. The molecule has 1 atom stereocenters. The van der Waals surface area contributed by atoms with Gasteiger partial charge in [-0.1, -0.05) is 0 Å². The Morgan fingerprint density at radius 2 is 2.25 bits per heavy atom. The van der Waals surface area contributed by atoms with E-state index in [9.17, 15) is 4.79 Å². The van der Waals surface area contributed by atoms with E-state index in [0.29, 0.717) is 6.54 Å². The third-order valence-electron chi connectivity index (χ3n) is 4.37. The summed E-state index contributed by atoms with van der Waals surface area (Å²) in [7, 11) is 0. The summed E-state index contributed by atoms with van der Waals surface area (Å²) in [5.74, 6) is 0. The molecule has 20 heavy (non-hydrogen) atoms. The van der Waals surface area contributed by atoms with Gasteiger partial charge in [-0.05, 0) is 44.1 Å². The number of nitrogens with zero attached hydrogens (tertiary/aromatic N) is 2. The molecular weight excluding hydrogens is 272 g/mol. The Bertz CT molecular complexity index is 698. The van der Waals surface area contributed by atoms with Crippen molar-refractivity contribution in [3.05, 3.63) is 27.1 Å². The highest BCUT2D eigenvalue weighted by Gasteiger charge is 2.22. The Morgan fingerprint density at radius 1 is 1.35 bits per heavy atom. The van der Waals surface area contributed by atoms with Crippen molar-refractivity contribution in [3.63, 3.8) is 0 Å². The zero-order valence-electron chi connectivity index (χ0n) is 11.4. The maximum atomic E-state index is 12.7. The van der Waals surface area contributed by atoms with Crippen molar-refractivity contribution >= 4 is 21.6 Å². The Balaban J connectivity index is 1.79. The van der Waals surface area contributed by atoms with E-state index < -0.39 is 0 Å². The second-order valence-corrected chi connectivity index (χ2v) is 6.81.